The van der Waals surface area contributed by atoms with Gasteiger partial charge in [-0.2, -0.15) is 0 Å². The van der Waals surface area contributed by atoms with Gasteiger partial charge >= 0.3 is 0 Å². The van der Waals surface area contributed by atoms with E-state index in [1.165, 1.54) is 0 Å². The number of nitrogens with zero attached hydrogens (tertiary/aromatic N) is 1. The molecule has 1 aromatic heterocycles. The quantitative estimate of drug-likeness (QED) is 0.827. The van der Waals surface area contributed by atoms with Crippen molar-refractivity contribution in [2.75, 3.05) is 23.4 Å². The molecule has 0 saturated heterocycles. The second-order valence-corrected chi connectivity index (χ2v) is 4.93. The minimum Gasteiger partial charge on any atom is -0.370 e. The van der Waals surface area contributed by atoms with E-state index < -0.39 is 0 Å². The summed E-state index contributed by atoms with van der Waals surface area (Å²) in [5.74, 6) is 0.449. The van der Waals surface area contributed by atoms with Gasteiger partial charge in [-0.25, -0.2) is 4.98 Å². The highest BCUT2D eigenvalue weighted by Gasteiger charge is 2.13. The molecule has 1 heterocycles. The Bertz CT molecular complexity index is 601. The van der Waals surface area contributed by atoms with Gasteiger partial charge in [0, 0.05) is 17.6 Å². The average molecular weight is 287 g/mol. The van der Waals surface area contributed by atoms with Crippen LogP contribution in [0.5, 0.6) is 0 Å². The Kier molecular flexibility index (Phi) is 5.01. The van der Waals surface area contributed by atoms with Crippen molar-refractivity contribution >= 4 is 29.2 Å². The number of hydrogen-bond acceptors (Lipinski definition) is 4. The third-order valence-electron chi connectivity index (χ3n) is 2.75. The molecule has 0 aliphatic rings. The van der Waals surface area contributed by atoms with Gasteiger partial charge in [0.2, 0.25) is 0 Å². The molecule has 0 fully saturated rings. The van der Waals surface area contributed by atoms with Crippen LogP contribution in [0.4, 0.5) is 11.5 Å². The Hall–Kier alpha value is -2.01. The van der Waals surface area contributed by atoms with Crippen molar-refractivity contribution in [3.05, 3.63) is 48.2 Å². The number of hydrogen-bond donors (Lipinski definition) is 2. The molecule has 2 aromatic rings. The minimum atomic E-state index is -0.157. The average Bonchev–Trinajstić information content (AvgIpc) is 2.48. The van der Waals surface area contributed by atoms with Crippen molar-refractivity contribution in [3.8, 4) is 0 Å². The number of pyridine rings is 1. The lowest BCUT2D eigenvalue weighted by Crippen LogP contribution is -2.16. The molecule has 0 bridgehead atoms. The van der Waals surface area contributed by atoms with Crippen molar-refractivity contribution in [2.24, 2.45) is 0 Å². The fourth-order valence-corrected chi connectivity index (χ4v) is 2.39. The number of benzene rings is 1. The summed E-state index contributed by atoms with van der Waals surface area (Å²) in [4.78, 5) is 17.6. The van der Waals surface area contributed by atoms with Crippen molar-refractivity contribution in [3.63, 3.8) is 0 Å². The summed E-state index contributed by atoms with van der Waals surface area (Å²) in [6.07, 6.45) is 3.66. The molecule has 1 aromatic carbocycles. The predicted octanol–water partition coefficient (Wildman–Crippen LogP) is 3.49. The van der Waals surface area contributed by atoms with Gasteiger partial charge in [0.1, 0.15) is 5.82 Å². The molecular weight excluding hydrogens is 270 g/mol. The van der Waals surface area contributed by atoms with E-state index in [1.54, 1.807) is 30.1 Å². The molecule has 0 aliphatic heterocycles. The van der Waals surface area contributed by atoms with Gasteiger partial charge in [-0.1, -0.05) is 12.1 Å². The van der Waals surface area contributed by atoms with Gasteiger partial charge in [-0.05, 0) is 37.4 Å². The SMILES string of the molecule is CCNc1ncccc1C(=O)Nc1ccccc1SC. The molecular formula is C15H17N3OS. The van der Waals surface area contributed by atoms with Gasteiger partial charge in [0.25, 0.3) is 5.91 Å². The van der Waals surface area contributed by atoms with E-state index >= 15 is 0 Å². The zero-order valence-electron chi connectivity index (χ0n) is 11.5. The number of anilines is 2. The standard InChI is InChI=1S/C15H17N3OS/c1-3-16-14-11(7-6-10-17-14)15(19)18-12-8-4-5-9-13(12)20-2/h4-10H,3H2,1-2H3,(H,16,17)(H,18,19). The van der Waals surface area contributed by atoms with Gasteiger partial charge in [0.15, 0.2) is 0 Å². The number of para-hydroxylation sites is 1. The first-order chi connectivity index (χ1) is 9.76. The fourth-order valence-electron chi connectivity index (χ4n) is 1.83. The van der Waals surface area contributed by atoms with E-state index in [9.17, 15) is 4.79 Å². The van der Waals surface area contributed by atoms with E-state index in [2.05, 4.69) is 15.6 Å². The van der Waals surface area contributed by atoms with Crippen LogP contribution in [-0.4, -0.2) is 23.7 Å². The summed E-state index contributed by atoms with van der Waals surface area (Å²) >= 11 is 1.60. The molecule has 5 heteroatoms. The molecule has 0 atom stereocenters. The maximum absolute atomic E-state index is 12.4. The Morgan fingerprint density at radius 1 is 1.25 bits per heavy atom. The van der Waals surface area contributed by atoms with Crippen molar-refractivity contribution in [1.82, 2.24) is 4.98 Å². The van der Waals surface area contributed by atoms with Crippen LogP contribution in [0.15, 0.2) is 47.5 Å². The number of amides is 1. The number of thioether (sulfide) groups is 1. The van der Waals surface area contributed by atoms with Crippen LogP contribution in [0.3, 0.4) is 0 Å². The van der Waals surface area contributed by atoms with Gasteiger partial charge in [-0.3, -0.25) is 4.79 Å². The topological polar surface area (TPSA) is 54.0 Å². The van der Waals surface area contributed by atoms with Crippen molar-refractivity contribution in [2.45, 2.75) is 11.8 Å². The lowest BCUT2D eigenvalue weighted by atomic mass is 10.2. The largest absolute Gasteiger partial charge is 0.370 e. The number of carbonyl (C=O) groups excluding carboxylic acids is 1. The highest BCUT2D eigenvalue weighted by Crippen LogP contribution is 2.25. The zero-order valence-corrected chi connectivity index (χ0v) is 12.3. The highest BCUT2D eigenvalue weighted by atomic mass is 32.2. The summed E-state index contributed by atoms with van der Waals surface area (Å²) < 4.78 is 0. The molecule has 20 heavy (non-hydrogen) atoms. The van der Waals surface area contributed by atoms with Gasteiger partial charge < -0.3 is 10.6 Å². The normalized spacial score (nSPS) is 10.1. The van der Waals surface area contributed by atoms with Crippen LogP contribution in [0.25, 0.3) is 0 Å². The Labute approximate surface area is 123 Å². The second kappa shape index (κ2) is 6.96. The molecule has 4 nitrogen and oxygen atoms in total. The second-order valence-electron chi connectivity index (χ2n) is 4.08. The first-order valence-electron chi connectivity index (χ1n) is 6.39. The first kappa shape index (κ1) is 14.4. The molecule has 0 aliphatic carbocycles. The van der Waals surface area contributed by atoms with Crippen LogP contribution in [0.2, 0.25) is 0 Å². The van der Waals surface area contributed by atoms with Crippen LogP contribution in [0.1, 0.15) is 17.3 Å². The summed E-state index contributed by atoms with van der Waals surface area (Å²) in [7, 11) is 0. The molecule has 2 rings (SSSR count). The van der Waals surface area contributed by atoms with Gasteiger partial charge in [-0.15, -0.1) is 11.8 Å². The molecule has 0 unspecified atom stereocenters. The third-order valence-corrected chi connectivity index (χ3v) is 3.55. The number of carbonyl (C=O) groups is 1. The van der Waals surface area contributed by atoms with E-state index in [0.717, 1.165) is 17.1 Å². The van der Waals surface area contributed by atoms with Crippen LogP contribution in [-0.2, 0) is 0 Å². The number of nitrogens with one attached hydrogen (secondary N) is 2. The maximum atomic E-state index is 12.4. The molecule has 0 spiro atoms. The summed E-state index contributed by atoms with van der Waals surface area (Å²) in [6.45, 7) is 2.69. The van der Waals surface area contributed by atoms with Crippen LogP contribution >= 0.6 is 11.8 Å². The number of rotatable bonds is 5. The molecule has 0 radical (unpaired) electrons. The van der Waals surface area contributed by atoms with Crippen LogP contribution in [0, 0.1) is 0 Å². The number of aromatic nitrogens is 1. The van der Waals surface area contributed by atoms with E-state index in [1.807, 2.05) is 37.4 Å². The van der Waals surface area contributed by atoms with Crippen molar-refractivity contribution < 1.29 is 4.79 Å². The highest BCUT2D eigenvalue weighted by molar-refractivity contribution is 7.98. The fraction of sp³-hybridized carbons (Fsp3) is 0.200. The van der Waals surface area contributed by atoms with E-state index in [0.29, 0.717) is 11.4 Å². The monoisotopic (exact) mass is 287 g/mol. The first-order valence-corrected chi connectivity index (χ1v) is 7.62. The Balaban J connectivity index is 2.24. The zero-order chi connectivity index (χ0) is 14.4. The lowest BCUT2D eigenvalue weighted by Gasteiger charge is -2.11. The third kappa shape index (κ3) is 3.30. The predicted molar refractivity (Wildman–Crippen MR) is 84.6 cm³/mol. The summed E-state index contributed by atoms with van der Waals surface area (Å²) in [5, 5.41) is 6.03. The molecule has 0 saturated carbocycles. The summed E-state index contributed by atoms with van der Waals surface area (Å²) in [6, 6.07) is 11.3. The smallest absolute Gasteiger partial charge is 0.259 e. The van der Waals surface area contributed by atoms with Crippen molar-refractivity contribution in [1.29, 1.82) is 0 Å². The lowest BCUT2D eigenvalue weighted by molar-refractivity contribution is 0.102. The Morgan fingerprint density at radius 2 is 2.05 bits per heavy atom. The Morgan fingerprint density at radius 3 is 2.80 bits per heavy atom. The molecule has 104 valence electrons. The summed E-state index contributed by atoms with van der Waals surface area (Å²) in [5.41, 5.74) is 1.36. The van der Waals surface area contributed by atoms with Gasteiger partial charge in [0.05, 0.1) is 11.3 Å². The molecule has 1 amide bonds. The molecule has 2 N–H and O–H groups in total. The maximum Gasteiger partial charge on any atom is 0.259 e. The van der Waals surface area contributed by atoms with Crippen LogP contribution < -0.4 is 10.6 Å². The minimum absolute atomic E-state index is 0.157. The van der Waals surface area contributed by atoms with E-state index in [4.69, 9.17) is 0 Å². The van der Waals surface area contributed by atoms with E-state index in [-0.39, 0.29) is 5.91 Å².